The van der Waals surface area contributed by atoms with Crippen molar-refractivity contribution in [3.8, 4) is 5.75 Å². The van der Waals surface area contributed by atoms with Gasteiger partial charge in [0.2, 0.25) is 0 Å². The monoisotopic (exact) mass is 442 g/mol. The summed E-state index contributed by atoms with van der Waals surface area (Å²) in [6.45, 7) is 3.51. The predicted octanol–water partition coefficient (Wildman–Crippen LogP) is 2.87. The maximum atomic E-state index is 12.5. The molecule has 0 saturated carbocycles. The van der Waals surface area contributed by atoms with Crippen LogP contribution < -0.4 is 9.54 Å². The zero-order valence-electron chi connectivity index (χ0n) is 17.4. The average Bonchev–Trinajstić information content (AvgIpc) is 3.09. The van der Waals surface area contributed by atoms with Gasteiger partial charge < -0.3 is 18.8 Å². The number of amides is 1. The Morgan fingerprint density at radius 2 is 1.90 bits per heavy atom. The topological polar surface area (TPSA) is 96.2 Å². The first kappa shape index (κ1) is 22.2. The highest BCUT2D eigenvalue weighted by atomic mass is 32.1. The van der Waals surface area contributed by atoms with Crippen molar-refractivity contribution in [2.24, 2.45) is 4.99 Å². The summed E-state index contributed by atoms with van der Waals surface area (Å²) in [6, 6.07) is 12.3. The molecule has 0 spiro atoms. The van der Waals surface area contributed by atoms with Crippen molar-refractivity contribution in [1.29, 1.82) is 0 Å². The molecule has 3 rings (SSSR count). The number of nitrogens with zero attached hydrogens (tertiary/aromatic N) is 2. The van der Waals surface area contributed by atoms with Crippen LogP contribution in [0, 0.1) is 6.92 Å². The van der Waals surface area contributed by atoms with Crippen LogP contribution in [-0.2, 0) is 25.6 Å². The van der Waals surface area contributed by atoms with Gasteiger partial charge in [0.15, 0.2) is 11.4 Å². The number of fused-ring (bicyclic) bond motifs is 1. The third-order valence-electron chi connectivity index (χ3n) is 4.37. The number of benzene rings is 2. The van der Waals surface area contributed by atoms with E-state index in [2.05, 4.69) is 4.99 Å². The molecule has 8 nitrogen and oxygen atoms in total. The molecule has 1 amide bonds. The number of para-hydroxylation sites is 1. The van der Waals surface area contributed by atoms with Gasteiger partial charge in [-0.25, -0.2) is 4.79 Å². The van der Waals surface area contributed by atoms with Gasteiger partial charge in [0, 0.05) is 0 Å². The van der Waals surface area contributed by atoms with Crippen molar-refractivity contribution in [3.63, 3.8) is 0 Å². The summed E-state index contributed by atoms with van der Waals surface area (Å²) in [6.07, 6.45) is 0. The third kappa shape index (κ3) is 5.37. The lowest BCUT2D eigenvalue weighted by atomic mass is 10.2. The highest BCUT2D eigenvalue weighted by Gasteiger charge is 2.15. The molecule has 1 heterocycles. The summed E-state index contributed by atoms with van der Waals surface area (Å²) >= 11 is 1.18. The lowest BCUT2D eigenvalue weighted by Gasteiger charge is -2.06. The highest BCUT2D eigenvalue weighted by molar-refractivity contribution is 7.16. The van der Waals surface area contributed by atoms with E-state index in [1.165, 1.54) is 18.4 Å². The van der Waals surface area contributed by atoms with Crippen LogP contribution in [0.25, 0.3) is 10.2 Å². The first-order valence-corrected chi connectivity index (χ1v) is 10.4. The number of hydrogen-bond donors (Lipinski definition) is 0. The largest absolute Gasteiger partial charge is 0.483 e. The number of carbonyl (C=O) groups excluding carboxylic acids is 3. The lowest BCUT2D eigenvalue weighted by Crippen LogP contribution is -2.23. The van der Waals surface area contributed by atoms with Gasteiger partial charge in [-0.1, -0.05) is 29.5 Å². The summed E-state index contributed by atoms with van der Waals surface area (Å²) in [5.74, 6) is -0.833. The van der Waals surface area contributed by atoms with Crippen LogP contribution in [0.15, 0.2) is 47.5 Å². The van der Waals surface area contributed by atoms with E-state index in [0.717, 1.165) is 5.56 Å². The van der Waals surface area contributed by atoms with Crippen molar-refractivity contribution < 1.29 is 28.6 Å². The van der Waals surface area contributed by atoms with Crippen LogP contribution in [0.3, 0.4) is 0 Å². The number of rotatable bonds is 7. The van der Waals surface area contributed by atoms with Crippen LogP contribution in [0.2, 0.25) is 0 Å². The Hall–Kier alpha value is -3.46. The van der Waals surface area contributed by atoms with E-state index in [1.807, 2.05) is 25.1 Å². The number of carbonyl (C=O) groups is 3. The smallest absolute Gasteiger partial charge is 0.338 e. The molecule has 0 aliphatic carbocycles. The van der Waals surface area contributed by atoms with E-state index < -0.39 is 17.8 Å². The van der Waals surface area contributed by atoms with E-state index in [9.17, 15) is 14.4 Å². The number of hydrogen-bond acceptors (Lipinski definition) is 7. The molecule has 0 unspecified atom stereocenters. The molecule has 0 aliphatic rings. The molecular weight excluding hydrogens is 420 g/mol. The van der Waals surface area contributed by atoms with Gasteiger partial charge in [-0.3, -0.25) is 9.59 Å². The predicted molar refractivity (Wildman–Crippen MR) is 115 cm³/mol. The Bertz CT molecular complexity index is 1190. The van der Waals surface area contributed by atoms with Gasteiger partial charge in [-0.15, -0.1) is 0 Å². The summed E-state index contributed by atoms with van der Waals surface area (Å²) in [4.78, 5) is 40.8. The van der Waals surface area contributed by atoms with Gasteiger partial charge in [0.25, 0.3) is 5.91 Å². The van der Waals surface area contributed by atoms with Crippen LogP contribution in [0.5, 0.6) is 5.75 Å². The minimum absolute atomic E-state index is 0.125. The number of aryl methyl sites for hydroxylation is 1. The van der Waals surface area contributed by atoms with E-state index in [0.29, 0.717) is 26.3 Å². The summed E-state index contributed by atoms with van der Waals surface area (Å²) < 4.78 is 17.6. The molecule has 0 radical (unpaired) electrons. The quantitative estimate of drug-likeness (QED) is 0.522. The van der Waals surface area contributed by atoms with Crippen LogP contribution in [-0.4, -0.2) is 42.7 Å². The van der Waals surface area contributed by atoms with E-state index >= 15 is 0 Å². The Morgan fingerprint density at radius 3 is 2.61 bits per heavy atom. The van der Waals surface area contributed by atoms with Crippen LogP contribution in [0.4, 0.5) is 0 Å². The molecule has 0 saturated heterocycles. The molecule has 0 fully saturated rings. The summed E-state index contributed by atoms with van der Waals surface area (Å²) in [5.41, 5.74) is 1.93. The number of aromatic nitrogens is 1. The Labute approximate surface area is 182 Å². The van der Waals surface area contributed by atoms with Crippen molar-refractivity contribution in [2.75, 3.05) is 20.3 Å². The normalized spacial score (nSPS) is 11.4. The average molecular weight is 442 g/mol. The SMILES string of the molecule is CCOC(=O)c1ccc2c(c1)sc(=NC(=O)COc1ccccc1C)n2CC(=O)OC. The number of methoxy groups -OCH3 is 1. The first-order valence-electron chi connectivity index (χ1n) is 9.56. The number of esters is 2. The number of ether oxygens (including phenoxy) is 3. The van der Waals surface area contributed by atoms with E-state index in [1.54, 1.807) is 35.8 Å². The third-order valence-corrected chi connectivity index (χ3v) is 5.42. The van der Waals surface area contributed by atoms with Crippen molar-refractivity contribution >= 4 is 39.4 Å². The van der Waals surface area contributed by atoms with Gasteiger partial charge >= 0.3 is 11.9 Å². The summed E-state index contributed by atoms with van der Waals surface area (Å²) in [7, 11) is 1.29. The second kappa shape index (κ2) is 10.0. The molecule has 162 valence electrons. The van der Waals surface area contributed by atoms with E-state index in [4.69, 9.17) is 14.2 Å². The second-order valence-electron chi connectivity index (χ2n) is 6.51. The zero-order valence-corrected chi connectivity index (χ0v) is 18.2. The van der Waals surface area contributed by atoms with Gasteiger partial charge in [0.1, 0.15) is 12.3 Å². The molecule has 0 aliphatic heterocycles. The van der Waals surface area contributed by atoms with Crippen molar-refractivity contribution in [3.05, 3.63) is 58.4 Å². The van der Waals surface area contributed by atoms with Crippen LogP contribution in [0.1, 0.15) is 22.8 Å². The van der Waals surface area contributed by atoms with Gasteiger partial charge in [0.05, 0.1) is 29.5 Å². The minimum Gasteiger partial charge on any atom is -0.483 e. The molecule has 31 heavy (non-hydrogen) atoms. The molecule has 1 aromatic heterocycles. The Balaban J connectivity index is 1.95. The standard InChI is InChI=1S/C22H22N2O6S/c1-4-29-21(27)15-9-10-16-18(11-15)31-22(24(16)12-20(26)28-3)23-19(25)13-30-17-8-6-5-7-14(17)2/h5-11H,4,12-13H2,1-3H3. The fraction of sp³-hybridized carbons (Fsp3) is 0.273. The van der Waals surface area contributed by atoms with Gasteiger partial charge in [-0.05, 0) is 43.7 Å². The maximum Gasteiger partial charge on any atom is 0.338 e. The molecule has 3 aromatic rings. The second-order valence-corrected chi connectivity index (χ2v) is 7.52. The Kier molecular flexibility index (Phi) is 7.19. The molecule has 2 aromatic carbocycles. The van der Waals surface area contributed by atoms with E-state index in [-0.39, 0.29) is 19.8 Å². The molecule has 0 atom stereocenters. The first-order chi connectivity index (χ1) is 14.9. The molecule has 0 N–H and O–H groups in total. The molecular formula is C22H22N2O6S. The van der Waals surface area contributed by atoms with Crippen molar-refractivity contribution in [1.82, 2.24) is 4.57 Å². The van der Waals surface area contributed by atoms with Crippen molar-refractivity contribution in [2.45, 2.75) is 20.4 Å². The zero-order chi connectivity index (χ0) is 22.4. The molecule has 9 heteroatoms. The Morgan fingerprint density at radius 1 is 1.13 bits per heavy atom. The summed E-state index contributed by atoms with van der Waals surface area (Å²) in [5, 5.41) is 0. The number of thiazole rings is 1. The van der Waals surface area contributed by atoms with Crippen LogP contribution >= 0.6 is 11.3 Å². The fourth-order valence-corrected chi connectivity index (χ4v) is 3.93. The maximum absolute atomic E-state index is 12.5. The van der Waals surface area contributed by atoms with Gasteiger partial charge in [-0.2, -0.15) is 4.99 Å². The lowest BCUT2D eigenvalue weighted by molar-refractivity contribution is -0.141. The minimum atomic E-state index is -0.501. The fourth-order valence-electron chi connectivity index (χ4n) is 2.84. The highest BCUT2D eigenvalue weighted by Crippen LogP contribution is 2.20. The molecule has 0 bridgehead atoms.